The molecule has 9 heteroatoms. The number of likely N-dealkylation sites (tertiary alicyclic amines) is 1. The minimum atomic E-state index is -3.52. The first-order valence-electron chi connectivity index (χ1n) is 13.6. The van der Waals surface area contributed by atoms with Crippen LogP contribution in [-0.2, 0) is 27.9 Å². The number of carbonyl (C=O) groups is 2. The van der Waals surface area contributed by atoms with Gasteiger partial charge in [0.2, 0.25) is 15.9 Å². The summed E-state index contributed by atoms with van der Waals surface area (Å²) in [5, 5.41) is 2.98. The highest BCUT2D eigenvalue weighted by Gasteiger charge is 2.32. The molecule has 8 nitrogen and oxygen atoms in total. The molecule has 1 N–H and O–H groups in total. The Labute approximate surface area is 228 Å². The largest absolute Gasteiger partial charge is 0.334 e. The molecule has 0 atom stereocenters. The fourth-order valence-corrected chi connectivity index (χ4v) is 6.39. The van der Waals surface area contributed by atoms with Crippen molar-refractivity contribution in [3.63, 3.8) is 0 Å². The predicted octanol–water partition coefficient (Wildman–Crippen LogP) is 4.09. The predicted molar refractivity (Wildman–Crippen MR) is 151 cm³/mol. The summed E-state index contributed by atoms with van der Waals surface area (Å²) in [5.41, 5.74) is 2.04. The van der Waals surface area contributed by atoms with Crippen molar-refractivity contribution in [3.05, 3.63) is 71.8 Å². The van der Waals surface area contributed by atoms with Gasteiger partial charge in [-0.15, -0.1) is 0 Å². The van der Waals surface area contributed by atoms with E-state index in [1.165, 1.54) is 4.31 Å². The number of benzene rings is 2. The maximum Gasteiger partial charge on any atom is 0.317 e. The van der Waals surface area contributed by atoms with Gasteiger partial charge in [-0.05, 0) is 36.3 Å². The van der Waals surface area contributed by atoms with Crippen molar-refractivity contribution in [2.45, 2.75) is 59.2 Å². The lowest BCUT2D eigenvalue weighted by molar-refractivity contribution is -0.135. The molecule has 38 heavy (non-hydrogen) atoms. The minimum Gasteiger partial charge on any atom is -0.334 e. The first-order chi connectivity index (χ1) is 18.2. The van der Waals surface area contributed by atoms with Crippen LogP contribution in [0.5, 0.6) is 0 Å². The topological polar surface area (TPSA) is 90.0 Å². The normalized spacial score (nSPS) is 14.6. The molecule has 0 aliphatic carbocycles. The lowest BCUT2D eigenvalue weighted by atomic mass is 10.0. The molecule has 0 spiro atoms. The molecule has 1 aliphatic rings. The summed E-state index contributed by atoms with van der Waals surface area (Å²) >= 11 is 0. The third-order valence-corrected chi connectivity index (χ3v) is 8.72. The zero-order chi connectivity index (χ0) is 27.5. The van der Waals surface area contributed by atoms with E-state index in [1.807, 2.05) is 86.3 Å². The lowest BCUT2D eigenvalue weighted by Gasteiger charge is -2.39. The molecule has 0 saturated carbocycles. The molecule has 3 amide bonds. The van der Waals surface area contributed by atoms with Gasteiger partial charge in [0, 0.05) is 38.8 Å². The van der Waals surface area contributed by atoms with Crippen molar-refractivity contribution in [3.8, 4) is 0 Å². The number of carbonyl (C=O) groups excluding carboxylic acids is 2. The van der Waals surface area contributed by atoms with Gasteiger partial charge in [0.15, 0.2) is 0 Å². The summed E-state index contributed by atoms with van der Waals surface area (Å²) in [6, 6.07) is 19.4. The fraction of sp³-hybridized carbons (Fsp3) is 0.517. The second-order valence-electron chi connectivity index (χ2n) is 10.4. The number of piperidine rings is 1. The van der Waals surface area contributed by atoms with Crippen molar-refractivity contribution in [1.82, 2.24) is 19.4 Å². The van der Waals surface area contributed by atoms with E-state index in [1.54, 1.807) is 4.90 Å². The number of amides is 3. The van der Waals surface area contributed by atoms with E-state index in [-0.39, 0.29) is 36.2 Å². The molecular formula is C29H42N4O4S. The van der Waals surface area contributed by atoms with Gasteiger partial charge >= 0.3 is 6.03 Å². The SMILES string of the molecule is CCCS(=O)(=O)N(CC(=O)N(Cc1ccccc1)C1CCN(C(=O)NCc2ccccc2)CC1)CC(C)C. The number of sulfonamides is 1. The van der Waals surface area contributed by atoms with Gasteiger partial charge in [-0.1, -0.05) is 81.4 Å². The average Bonchev–Trinajstić information content (AvgIpc) is 2.91. The van der Waals surface area contributed by atoms with Crippen LogP contribution in [0.15, 0.2) is 60.7 Å². The summed E-state index contributed by atoms with van der Waals surface area (Å²) in [6.07, 6.45) is 1.79. The molecule has 3 rings (SSSR count). The third-order valence-electron chi connectivity index (χ3n) is 6.73. The van der Waals surface area contributed by atoms with Crippen molar-refractivity contribution in [1.29, 1.82) is 0 Å². The number of rotatable bonds is 12. The van der Waals surface area contributed by atoms with Crippen LogP contribution in [-0.4, -0.2) is 72.4 Å². The molecule has 1 heterocycles. The summed E-state index contributed by atoms with van der Waals surface area (Å²) < 4.78 is 27.2. The Morgan fingerprint density at radius 3 is 2.11 bits per heavy atom. The molecule has 0 radical (unpaired) electrons. The Hall–Kier alpha value is -2.91. The summed E-state index contributed by atoms with van der Waals surface area (Å²) in [7, 11) is -3.52. The van der Waals surface area contributed by atoms with Gasteiger partial charge in [0.05, 0.1) is 12.3 Å². The highest BCUT2D eigenvalue weighted by atomic mass is 32.2. The molecule has 2 aromatic rings. The van der Waals surface area contributed by atoms with Crippen LogP contribution in [0.3, 0.4) is 0 Å². The van der Waals surface area contributed by atoms with Crippen molar-refractivity contribution in [2.75, 3.05) is 31.9 Å². The second kappa shape index (κ2) is 14.3. The van der Waals surface area contributed by atoms with Gasteiger partial charge < -0.3 is 15.1 Å². The fourth-order valence-electron chi connectivity index (χ4n) is 4.78. The number of hydrogen-bond acceptors (Lipinski definition) is 4. The van der Waals surface area contributed by atoms with Crippen LogP contribution in [0, 0.1) is 5.92 Å². The Morgan fingerprint density at radius 1 is 0.974 bits per heavy atom. The summed E-state index contributed by atoms with van der Waals surface area (Å²) in [6.45, 7) is 7.85. The van der Waals surface area contributed by atoms with Crippen LogP contribution in [0.2, 0.25) is 0 Å². The molecule has 0 unspecified atom stereocenters. The van der Waals surface area contributed by atoms with E-state index in [9.17, 15) is 18.0 Å². The Kier molecular flexibility index (Phi) is 11.2. The first-order valence-corrected chi connectivity index (χ1v) is 15.2. The second-order valence-corrected chi connectivity index (χ2v) is 12.5. The van der Waals surface area contributed by atoms with E-state index in [0.29, 0.717) is 52.0 Å². The van der Waals surface area contributed by atoms with Crippen LogP contribution in [0.1, 0.15) is 51.2 Å². The number of nitrogens with one attached hydrogen (secondary N) is 1. The van der Waals surface area contributed by atoms with Crippen LogP contribution < -0.4 is 5.32 Å². The Morgan fingerprint density at radius 2 is 1.55 bits per heavy atom. The zero-order valence-electron chi connectivity index (χ0n) is 22.9. The molecule has 1 fully saturated rings. The average molecular weight is 543 g/mol. The van der Waals surface area contributed by atoms with Crippen molar-refractivity contribution < 1.29 is 18.0 Å². The highest BCUT2D eigenvalue weighted by Crippen LogP contribution is 2.21. The maximum absolute atomic E-state index is 13.7. The van der Waals surface area contributed by atoms with Crippen LogP contribution in [0.4, 0.5) is 4.79 Å². The quantitative estimate of drug-likeness (QED) is 0.438. The van der Waals surface area contributed by atoms with Gasteiger partial charge in [-0.25, -0.2) is 13.2 Å². The van der Waals surface area contributed by atoms with E-state index in [4.69, 9.17) is 0 Å². The summed E-state index contributed by atoms with van der Waals surface area (Å²) in [4.78, 5) is 30.1. The van der Waals surface area contributed by atoms with Crippen LogP contribution in [0.25, 0.3) is 0 Å². The Balaban J connectivity index is 1.68. The molecular weight excluding hydrogens is 500 g/mol. The first kappa shape index (κ1) is 29.6. The van der Waals surface area contributed by atoms with Gasteiger partial charge in [-0.3, -0.25) is 4.79 Å². The number of hydrogen-bond donors (Lipinski definition) is 1. The Bertz CT molecular complexity index is 1120. The minimum absolute atomic E-state index is 0.0299. The molecule has 1 saturated heterocycles. The van der Waals surface area contributed by atoms with Crippen molar-refractivity contribution in [2.24, 2.45) is 5.92 Å². The molecule has 1 aliphatic heterocycles. The monoisotopic (exact) mass is 542 g/mol. The zero-order valence-corrected chi connectivity index (χ0v) is 23.7. The molecule has 2 aromatic carbocycles. The number of nitrogens with zero attached hydrogens (tertiary/aromatic N) is 3. The number of urea groups is 1. The van der Waals surface area contributed by atoms with Crippen LogP contribution >= 0.6 is 0 Å². The van der Waals surface area contributed by atoms with E-state index >= 15 is 0 Å². The molecule has 208 valence electrons. The van der Waals surface area contributed by atoms with Gasteiger partial charge in [0.25, 0.3) is 0 Å². The van der Waals surface area contributed by atoms with E-state index in [0.717, 1.165) is 11.1 Å². The van der Waals surface area contributed by atoms with E-state index in [2.05, 4.69) is 5.32 Å². The van der Waals surface area contributed by atoms with E-state index < -0.39 is 10.0 Å². The maximum atomic E-state index is 13.7. The third kappa shape index (κ3) is 8.84. The highest BCUT2D eigenvalue weighted by molar-refractivity contribution is 7.89. The smallest absolute Gasteiger partial charge is 0.317 e. The van der Waals surface area contributed by atoms with Crippen molar-refractivity contribution >= 4 is 22.0 Å². The molecule has 0 bridgehead atoms. The van der Waals surface area contributed by atoms with Gasteiger partial charge in [-0.2, -0.15) is 4.31 Å². The molecule has 0 aromatic heterocycles. The summed E-state index contributed by atoms with van der Waals surface area (Å²) in [5.74, 6) is -0.0573. The lowest BCUT2D eigenvalue weighted by Crippen LogP contribution is -2.53. The standard InChI is InChI=1S/C29H42N4O4S/c1-4-19-38(36,37)32(21-24(2)3)23-28(34)33(22-26-13-9-6-10-14-26)27-15-17-31(18-16-27)29(35)30-20-25-11-7-5-8-12-25/h5-14,24,27H,4,15-23H2,1-3H3,(H,30,35). The van der Waals surface area contributed by atoms with Gasteiger partial charge in [0.1, 0.15) is 0 Å².